The van der Waals surface area contributed by atoms with E-state index in [1.807, 2.05) is 6.92 Å². The molecule has 0 aliphatic rings. The number of hydrogen-bond acceptors (Lipinski definition) is 6. The van der Waals surface area contributed by atoms with Gasteiger partial charge in [-0.1, -0.05) is 62.0 Å². The topological polar surface area (TPSA) is 78.3 Å². The van der Waals surface area contributed by atoms with E-state index in [9.17, 15) is 26.4 Å². The quantitative estimate of drug-likeness (QED) is 0.144. The maximum absolute atomic E-state index is 13.2. The van der Waals surface area contributed by atoms with E-state index in [0.717, 1.165) is 37.4 Å². The summed E-state index contributed by atoms with van der Waals surface area (Å²) in [6.45, 7) is 2.03. The maximum Gasteiger partial charge on any atom is 0.534 e. The first-order valence-corrected chi connectivity index (χ1v) is 12.5. The standard InChI is InChI=1S/C19H22ClF3N2O4S2/c1-3-4-5-6-7-11-15-16(29-31(27,28)19(21,22)23)24-18(30-2)25(17(15)26)14-10-8-9-13(20)12-14/h8-10,12H,3-7,11H2,1-2H3. The van der Waals surface area contributed by atoms with E-state index in [1.54, 1.807) is 24.5 Å². The summed E-state index contributed by atoms with van der Waals surface area (Å²) in [7, 11) is -5.98. The molecular formula is C19H22ClF3N2O4S2. The lowest BCUT2D eigenvalue weighted by atomic mass is 10.1. The lowest BCUT2D eigenvalue weighted by Crippen LogP contribution is -2.32. The molecule has 31 heavy (non-hydrogen) atoms. The summed E-state index contributed by atoms with van der Waals surface area (Å²) in [5, 5.41) is 0.312. The van der Waals surface area contributed by atoms with Crippen molar-refractivity contribution in [2.45, 2.75) is 56.1 Å². The van der Waals surface area contributed by atoms with Crippen LogP contribution < -0.4 is 9.74 Å². The van der Waals surface area contributed by atoms with E-state index in [0.29, 0.717) is 17.1 Å². The van der Waals surface area contributed by atoms with Gasteiger partial charge in [-0.25, -0.2) is 0 Å². The van der Waals surface area contributed by atoms with E-state index in [4.69, 9.17) is 11.6 Å². The fraction of sp³-hybridized carbons (Fsp3) is 0.474. The highest BCUT2D eigenvalue weighted by atomic mass is 35.5. The van der Waals surface area contributed by atoms with Crippen LogP contribution >= 0.6 is 23.4 Å². The first kappa shape index (κ1) is 25.5. The fourth-order valence-corrected chi connectivity index (χ4v) is 4.01. The second-order valence-electron chi connectivity index (χ2n) is 6.65. The minimum Gasteiger partial charge on any atom is -0.355 e. The molecule has 0 bridgehead atoms. The molecule has 1 aromatic heterocycles. The molecule has 0 aliphatic carbocycles. The molecule has 172 valence electrons. The summed E-state index contributed by atoms with van der Waals surface area (Å²) in [5.74, 6) is -0.847. The third kappa shape index (κ3) is 6.39. The normalized spacial score (nSPS) is 12.2. The number of unbranched alkanes of at least 4 members (excludes halogenated alkanes) is 4. The van der Waals surface area contributed by atoms with Crippen LogP contribution in [-0.4, -0.2) is 29.7 Å². The number of alkyl halides is 3. The highest BCUT2D eigenvalue weighted by Gasteiger charge is 2.49. The average Bonchev–Trinajstić information content (AvgIpc) is 2.68. The van der Waals surface area contributed by atoms with Crippen LogP contribution in [0.25, 0.3) is 5.69 Å². The monoisotopic (exact) mass is 498 g/mol. The zero-order valence-corrected chi connectivity index (χ0v) is 19.3. The highest BCUT2D eigenvalue weighted by Crippen LogP contribution is 2.30. The van der Waals surface area contributed by atoms with Gasteiger partial charge in [0.25, 0.3) is 5.56 Å². The number of hydrogen-bond donors (Lipinski definition) is 0. The van der Waals surface area contributed by atoms with E-state index in [1.165, 1.54) is 10.6 Å². The molecule has 0 atom stereocenters. The fourth-order valence-electron chi connectivity index (χ4n) is 2.84. The van der Waals surface area contributed by atoms with Crippen LogP contribution in [0, 0.1) is 0 Å². The lowest BCUT2D eigenvalue weighted by Gasteiger charge is -2.17. The molecule has 2 rings (SSSR count). The van der Waals surface area contributed by atoms with Gasteiger partial charge in [-0.2, -0.15) is 26.6 Å². The third-order valence-corrected chi connectivity index (χ3v) is 6.18. The minimum absolute atomic E-state index is 0.0213. The first-order chi connectivity index (χ1) is 14.5. The van der Waals surface area contributed by atoms with Crippen LogP contribution in [0.1, 0.15) is 44.6 Å². The van der Waals surface area contributed by atoms with Crippen molar-refractivity contribution in [1.29, 1.82) is 0 Å². The molecule has 1 aromatic carbocycles. The van der Waals surface area contributed by atoms with Crippen LogP contribution in [0.2, 0.25) is 5.02 Å². The number of benzene rings is 1. The molecule has 6 nitrogen and oxygen atoms in total. The van der Waals surface area contributed by atoms with Crippen LogP contribution in [-0.2, 0) is 16.5 Å². The van der Waals surface area contributed by atoms with E-state index in [-0.39, 0.29) is 17.1 Å². The van der Waals surface area contributed by atoms with Gasteiger partial charge in [0.15, 0.2) is 5.16 Å². The van der Waals surface area contributed by atoms with E-state index in [2.05, 4.69) is 9.17 Å². The van der Waals surface area contributed by atoms with Crippen molar-refractivity contribution in [2.24, 2.45) is 0 Å². The molecule has 0 fully saturated rings. The number of rotatable bonds is 10. The molecule has 0 unspecified atom stereocenters. The Balaban J connectivity index is 2.60. The van der Waals surface area contributed by atoms with E-state index >= 15 is 0 Å². The molecule has 0 radical (unpaired) electrons. The van der Waals surface area contributed by atoms with Gasteiger partial charge in [-0.15, -0.1) is 0 Å². The van der Waals surface area contributed by atoms with Crippen molar-refractivity contribution in [2.75, 3.05) is 6.26 Å². The van der Waals surface area contributed by atoms with Crippen molar-refractivity contribution in [3.63, 3.8) is 0 Å². The van der Waals surface area contributed by atoms with E-state index < -0.39 is 27.1 Å². The summed E-state index contributed by atoms with van der Waals surface area (Å²) in [6.07, 6.45) is 5.61. The summed E-state index contributed by atoms with van der Waals surface area (Å²) < 4.78 is 67.3. The van der Waals surface area contributed by atoms with Gasteiger partial charge < -0.3 is 4.18 Å². The smallest absolute Gasteiger partial charge is 0.355 e. The van der Waals surface area contributed by atoms with Crippen molar-refractivity contribution in [1.82, 2.24) is 9.55 Å². The van der Waals surface area contributed by atoms with Gasteiger partial charge in [0.1, 0.15) is 0 Å². The van der Waals surface area contributed by atoms with Crippen LogP contribution in [0.3, 0.4) is 0 Å². The summed E-state index contributed by atoms with van der Waals surface area (Å²) in [4.78, 5) is 17.2. The Bertz CT molecular complexity index is 1070. The zero-order valence-electron chi connectivity index (χ0n) is 16.9. The Morgan fingerprint density at radius 1 is 1.19 bits per heavy atom. The summed E-state index contributed by atoms with van der Waals surface area (Å²) in [6, 6.07) is 6.30. The maximum atomic E-state index is 13.2. The Hall–Kier alpha value is -1.72. The lowest BCUT2D eigenvalue weighted by molar-refractivity contribution is -0.0501. The van der Waals surface area contributed by atoms with Crippen LogP contribution in [0.5, 0.6) is 5.88 Å². The number of aromatic nitrogens is 2. The number of thioether (sulfide) groups is 1. The molecule has 0 N–H and O–H groups in total. The largest absolute Gasteiger partial charge is 0.534 e. The predicted molar refractivity (Wildman–Crippen MR) is 115 cm³/mol. The molecule has 0 aliphatic heterocycles. The van der Waals surface area contributed by atoms with Gasteiger partial charge in [0, 0.05) is 5.02 Å². The van der Waals surface area contributed by atoms with Crippen molar-refractivity contribution in [3.8, 4) is 11.6 Å². The summed E-state index contributed by atoms with van der Waals surface area (Å²) in [5.41, 5.74) is -6.23. The Morgan fingerprint density at radius 3 is 2.45 bits per heavy atom. The van der Waals surface area contributed by atoms with Crippen LogP contribution in [0.4, 0.5) is 13.2 Å². The SMILES string of the molecule is CCCCCCCc1c(OS(=O)(=O)C(F)(F)F)nc(SC)n(-c2cccc(Cl)c2)c1=O. The van der Waals surface area contributed by atoms with Gasteiger partial charge in [0.2, 0.25) is 5.88 Å². The molecule has 0 amide bonds. The number of halogens is 4. The van der Waals surface area contributed by atoms with Gasteiger partial charge in [-0.3, -0.25) is 9.36 Å². The van der Waals surface area contributed by atoms with Gasteiger partial charge in [0.05, 0.1) is 11.3 Å². The Kier molecular flexibility index (Phi) is 8.84. The predicted octanol–water partition coefficient (Wildman–Crippen LogP) is 5.35. The molecule has 1 heterocycles. The second kappa shape index (κ2) is 10.7. The Labute approximate surface area is 187 Å². The third-order valence-electron chi connectivity index (χ3n) is 4.36. The van der Waals surface area contributed by atoms with Crippen molar-refractivity contribution >= 4 is 33.5 Å². The first-order valence-electron chi connectivity index (χ1n) is 9.48. The second-order valence-corrected chi connectivity index (χ2v) is 9.40. The summed E-state index contributed by atoms with van der Waals surface area (Å²) >= 11 is 6.97. The van der Waals surface area contributed by atoms with Crippen LogP contribution in [0.15, 0.2) is 34.2 Å². The minimum atomic E-state index is -5.98. The van der Waals surface area contributed by atoms with Crippen molar-refractivity contribution < 1.29 is 25.8 Å². The molecule has 2 aromatic rings. The number of nitrogens with zero attached hydrogens (tertiary/aromatic N) is 2. The molecule has 0 saturated carbocycles. The Morgan fingerprint density at radius 2 is 1.87 bits per heavy atom. The highest BCUT2D eigenvalue weighted by molar-refractivity contribution is 7.98. The van der Waals surface area contributed by atoms with Crippen molar-refractivity contribution in [3.05, 3.63) is 45.2 Å². The van der Waals surface area contributed by atoms with Gasteiger partial charge in [-0.05, 0) is 37.3 Å². The average molecular weight is 499 g/mol. The van der Waals surface area contributed by atoms with Gasteiger partial charge >= 0.3 is 15.6 Å². The zero-order chi connectivity index (χ0) is 23.2. The molecule has 0 saturated heterocycles. The molecule has 0 spiro atoms. The molecular weight excluding hydrogens is 477 g/mol. The molecule has 12 heteroatoms.